The number of fused-ring (bicyclic) bond motifs is 2. The Morgan fingerprint density at radius 3 is 2.88 bits per heavy atom. The van der Waals surface area contributed by atoms with Crippen LogP contribution in [0, 0.1) is 12.3 Å². The van der Waals surface area contributed by atoms with E-state index in [0.29, 0.717) is 30.8 Å². The summed E-state index contributed by atoms with van der Waals surface area (Å²) in [5.74, 6) is 2.91. The van der Waals surface area contributed by atoms with Gasteiger partial charge in [0.1, 0.15) is 30.2 Å². The predicted molar refractivity (Wildman–Crippen MR) is 118 cm³/mol. The molecule has 0 aliphatic carbocycles. The summed E-state index contributed by atoms with van der Waals surface area (Å²) in [5.41, 5.74) is 8.85. The molecule has 5 N–H and O–H groups in total. The van der Waals surface area contributed by atoms with Crippen LogP contribution in [0.1, 0.15) is 11.8 Å². The van der Waals surface area contributed by atoms with Gasteiger partial charge in [-0.15, -0.1) is 6.42 Å². The molecule has 1 aliphatic heterocycles. The van der Waals surface area contributed by atoms with Crippen LogP contribution >= 0.6 is 0 Å². The summed E-state index contributed by atoms with van der Waals surface area (Å²) < 4.78 is 9.57. The highest BCUT2D eigenvalue weighted by Crippen LogP contribution is 2.32. The molecule has 10 heteroatoms. The third kappa shape index (κ3) is 3.37. The van der Waals surface area contributed by atoms with Gasteiger partial charge in [0.25, 0.3) is 0 Å². The number of para-hydroxylation sites is 1. The van der Waals surface area contributed by atoms with Gasteiger partial charge in [0.05, 0.1) is 12.9 Å². The standard InChI is InChI=1S/C22H23N7O3/c1-2-7-28-10-13(14-5-3-4-6-15(14)28)8-24-9-16-18(30)19(31)22(32-16)29-12-27-17-20(23)25-11-26-21(17)29/h1,3-6,10-12,16,18-19,22,24,30-31H,7-9H2,(H2,23,25,26)/t16-,18-,19-,22-/m1/s1. The molecule has 0 saturated carbocycles. The summed E-state index contributed by atoms with van der Waals surface area (Å²) in [6.45, 7) is 1.39. The lowest BCUT2D eigenvalue weighted by Gasteiger charge is -2.16. The normalized spacial score (nSPS) is 23.2. The molecule has 0 amide bonds. The number of aromatic nitrogens is 5. The molecule has 10 nitrogen and oxygen atoms in total. The Labute approximate surface area is 183 Å². The third-order valence-corrected chi connectivity index (χ3v) is 5.79. The Morgan fingerprint density at radius 1 is 1.19 bits per heavy atom. The molecule has 4 heterocycles. The lowest BCUT2D eigenvalue weighted by atomic mass is 10.1. The molecular weight excluding hydrogens is 410 g/mol. The highest BCUT2D eigenvalue weighted by Gasteiger charge is 2.44. The predicted octanol–water partition coefficient (Wildman–Crippen LogP) is 0.405. The van der Waals surface area contributed by atoms with Crippen molar-refractivity contribution in [2.75, 3.05) is 12.3 Å². The van der Waals surface area contributed by atoms with Crippen molar-refractivity contribution in [1.82, 2.24) is 29.4 Å². The van der Waals surface area contributed by atoms with E-state index in [1.165, 1.54) is 12.7 Å². The number of hydrogen-bond acceptors (Lipinski definition) is 8. The van der Waals surface area contributed by atoms with Crippen LogP contribution in [0.3, 0.4) is 0 Å². The number of aliphatic hydroxyl groups excluding tert-OH is 2. The fourth-order valence-electron chi connectivity index (χ4n) is 4.23. The van der Waals surface area contributed by atoms with Gasteiger partial charge in [-0.3, -0.25) is 4.57 Å². The lowest BCUT2D eigenvalue weighted by molar-refractivity contribution is -0.0342. The average molecular weight is 433 g/mol. The van der Waals surface area contributed by atoms with Crippen molar-refractivity contribution >= 4 is 27.9 Å². The van der Waals surface area contributed by atoms with Gasteiger partial charge in [0.15, 0.2) is 17.7 Å². The molecule has 1 aromatic carbocycles. The quantitative estimate of drug-likeness (QED) is 0.321. The number of benzene rings is 1. The highest BCUT2D eigenvalue weighted by atomic mass is 16.6. The van der Waals surface area contributed by atoms with Crippen LogP contribution in [0.25, 0.3) is 22.1 Å². The van der Waals surface area contributed by atoms with Gasteiger partial charge in [0, 0.05) is 30.2 Å². The number of nitrogens with zero attached hydrogens (tertiary/aromatic N) is 5. The van der Waals surface area contributed by atoms with Gasteiger partial charge in [-0.25, -0.2) is 15.0 Å². The van der Waals surface area contributed by atoms with Crippen LogP contribution in [-0.4, -0.2) is 59.2 Å². The lowest BCUT2D eigenvalue weighted by Crippen LogP contribution is -2.37. The molecule has 4 atom stereocenters. The first-order chi connectivity index (χ1) is 15.6. The zero-order chi connectivity index (χ0) is 22.2. The largest absolute Gasteiger partial charge is 0.387 e. The van der Waals surface area contributed by atoms with E-state index < -0.39 is 24.5 Å². The summed E-state index contributed by atoms with van der Waals surface area (Å²) in [6.07, 6.45) is 6.64. The van der Waals surface area contributed by atoms with Crippen molar-refractivity contribution in [3.8, 4) is 12.3 Å². The number of imidazole rings is 1. The second-order valence-electron chi connectivity index (χ2n) is 7.76. The maximum Gasteiger partial charge on any atom is 0.167 e. The van der Waals surface area contributed by atoms with E-state index >= 15 is 0 Å². The van der Waals surface area contributed by atoms with Crippen molar-refractivity contribution in [1.29, 1.82) is 0 Å². The van der Waals surface area contributed by atoms with Gasteiger partial charge in [0.2, 0.25) is 0 Å². The number of hydrogen-bond donors (Lipinski definition) is 4. The first-order valence-electron chi connectivity index (χ1n) is 10.2. The number of terminal acetylenes is 1. The first-order valence-corrected chi connectivity index (χ1v) is 10.2. The summed E-state index contributed by atoms with van der Waals surface area (Å²) in [5, 5.41) is 25.6. The van der Waals surface area contributed by atoms with E-state index in [2.05, 4.69) is 32.3 Å². The van der Waals surface area contributed by atoms with E-state index in [9.17, 15) is 10.2 Å². The maximum atomic E-state index is 10.6. The SMILES string of the molecule is C#CCn1cc(CNC[C@H]2O[C@@H](n3cnc4c(N)ncnc43)[C@H](O)[C@@H]2O)c2ccccc21. The van der Waals surface area contributed by atoms with Crippen LogP contribution in [0.4, 0.5) is 5.82 Å². The molecule has 1 fully saturated rings. The van der Waals surface area contributed by atoms with Crippen LogP contribution < -0.4 is 11.1 Å². The Hall–Kier alpha value is -3.49. The number of nitrogens with two attached hydrogens (primary N) is 1. The Balaban J connectivity index is 1.29. The van der Waals surface area contributed by atoms with E-state index in [1.54, 1.807) is 4.57 Å². The smallest absolute Gasteiger partial charge is 0.167 e. The summed E-state index contributed by atoms with van der Waals surface area (Å²) >= 11 is 0. The Bertz CT molecular complexity index is 1310. The second kappa shape index (κ2) is 8.22. The van der Waals surface area contributed by atoms with Gasteiger partial charge < -0.3 is 30.6 Å². The number of ether oxygens (including phenoxy) is 1. The number of nitrogens with one attached hydrogen (secondary N) is 1. The molecule has 0 radical (unpaired) electrons. The first kappa shape index (κ1) is 20.4. The fraction of sp³-hybridized carbons (Fsp3) is 0.318. The van der Waals surface area contributed by atoms with Gasteiger partial charge in [-0.1, -0.05) is 24.1 Å². The zero-order valence-electron chi connectivity index (χ0n) is 17.2. The highest BCUT2D eigenvalue weighted by molar-refractivity contribution is 5.84. The van der Waals surface area contributed by atoms with Crippen molar-refractivity contribution in [2.24, 2.45) is 0 Å². The van der Waals surface area contributed by atoms with Gasteiger partial charge in [-0.05, 0) is 11.6 Å². The van der Waals surface area contributed by atoms with Crippen molar-refractivity contribution in [2.45, 2.75) is 37.6 Å². The number of aliphatic hydroxyl groups is 2. The molecule has 0 spiro atoms. The molecule has 1 saturated heterocycles. The molecule has 0 bridgehead atoms. The van der Waals surface area contributed by atoms with Crippen molar-refractivity contribution in [3.63, 3.8) is 0 Å². The van der Waals surface area contributed by atoms with Crippen molar-refractivity contribution in [3.05, 3.63) is 48.7 Å². The molecule has 4 aromatic rings. The topological polar surface area (TPSA) is 136 Å². The van der Waals surface area contributed by atoms with Crippen LogP contribution in [-0.2, 0) is 17.8 Å². The minimum atomic E-state index is -1.15. The van der Waals surface area contributed by atoms with Gasteiger partial charge in [-0.2, -0.15) is 0 Å². The monoisotopic (exact) mass is 433 g/mol. The molecule has 5 rings (SSSR count). The van der Waals surface area contributed by atoms with Gasteiger partial charge >= 0.3 is 0 Å². The summed E-state index contributed by atoms with van der Waals surface area (Å²) in [7, 11) is 0. The summed E-state index contributed by atoms with van der Waals surface area (Å²) in [6, 6.07) is 8.06. The van der Waals surface area contributed by atoms with Crippen LogP contribution in [0.5, 0.6) is 0 Å². The minimum absolute atomic E-state index is 0.240. The zero-order valence-corrected chi connectivity index (χ0v) is 17.2. The maximum absolute atomic E-state index is 10.6. The number of anilines is 1. The second-order valence-corrected chi connectivity index (χ2v) is 7.76. The number of rotatable bonds is 6. The Kier molecular flexibility index (Phi) is 5.24. The fourth-order valence-corrected chi connectivity index (χ4v) is 4.23. The molecular formula is C22H23N7O3. The van der Waals surface area contributed by atoms with E-state index in [4.69, 9.17) is 16.9 Å². The third-order valence-electron chi connectivity index (χ3n) is 5.79. The molecule has 1 aliphatic rings. The molecule has 0 unspecified atom stereocenters. The van der Waals surface area contributed by atoms with Crippen molar-refractivity contribution < 1.29 is 14.9 Å². The molecule has 32 heavy (non-hydrogen) atoms. The van der Waals surface area contributed by atoms with Crippen LogP contribution in [0.2, 0.25) is 0 Å². The van der Waals surface area contributed by atoms with E-state index in [1.807, 2.05) is 29.0 Å². The molecule has 164 valence electrons. The Morgan fingerprint density at radius 2 is 2.03 bits per heavy atom. The minimum Gasteiger partial charge on any atom is -0.387 e. The number of nitrogen functional groups attached to an aromatic ring is 1. The average Bonchev–Trinajstić information content (AvgIpc) is 3.46. The van der Waals surface area contributed by atoms with E-state index in [-0.39, 0.29) is 5.82 Å². The summed E-state index contributed by atoms with van der Waals surface area (Å²) in [4.78, 5) is 12.3. The van der Waals surface area contributed by atoms with E-state index in [0.717, 1.165) is 16.5 Å². The van der Waals surface area contributed by atoms with Crippen LogP contribution in [0.15, 0.2) is 43.1 Å². The molecule has 3 aromatic heterocycles.